The molecule has 1 atom stereocenters. The average molecular weight is 364 g/mol. The predicted molar refractivity (Wildman–Crippen MR) is 111 cm³/mol. The number of nitrogens with two attached hydrogens (primary N) is 1. The molecule has 0 radical (unpaired) electrons. The molecule has 1 aliphatic heterocycles. The number of hydrazone groups is 1. The molecule has 6 rings (SSSR count). The molecule has 4 aliphatic carbocycles. The number of piperidine rings is 1. The van der Waals surface area contributed by atoms with Crippen molar-refractivity contribution in [1.29, 1.82) is 0 Å². The number of rotatable bonds is 2. The van der Waals surface area contributed by atoms with Gasteiger partial charge in [-0.1, -0.05) is 30.8 Å². The van der Waals surface area contributed by atoms with Crippen LogP contribution in [0.2, 0.25) is 0 Å². The fourth-order valence-corrected chi connectivity index (χ4v) is 7.33. The van der Waals surface area contributed by atoms with Crippen molar-refractivity contribution in [3.05, 3.63) is 47.7 Å². The van der Waals surface area contributed by atoms with Crippen molar-refractivity contribution < 1.29 is 0 Å². The first kappa shape index (κ1) is 17.3. The zero-order valence-corrected chi connectivity index (χ0v) is 16.7. The summed E-state index contributed by atoms with van der Waals surface area (Å²) in [7, 11) is 0. The molecular weight excluding hydrogens is 330 g/mol. The van der Waals surface area contributed by atoms with Crippen molar-refractivity contribution in [3.8, 4) is 0 Å². The Bertz CT molecular complexity index is 742. The number of amidine groups is 1. The first-order chi connectivity index (χ1) is 13.1. The molecule has 3 heteroatoms. The van der Waals surface area contributed by atoms with Gasteiger partial charge in [0.2, 0.25) is 0 Å². The third kappa shape index (κ3) is 2.81. The Labute approximate surface area is 163 Å². The Morgan fingerprint density at radius 3 is 2.33 bits per heavy atom. The normalized spacial score (nSPS) is 38.5. The highest BCUT2D eigenvalue weighted by atomic mass is 15.3. The second kappa shape index (κ2) is 6.39. The SMILES string of the molecule is C=C1CCC(c2ccccc2C)CN1/C(=N\N)C12CC3CC(CC(C3)C1)C2. The maximum absolute atomic E-state index is 6.11. The second-order valence-corrected chi connectivity index (χ2v) is 9.92. The number of aryl methyl sites for hydroxylation is 1. The molecule has 5 fully saturated rings. The van der Waals surface area contributed by atoms with E-state index in [4.69, 9.17) is 5.84 Å². The maximum Gasteiger partial charge on any atom is 0.134 e. The fourth-order valence-electron chi connectivity index (χ4n) is 7.33. The van der Waals surface area contributed by atoms with Crippen LogP contribution >= 0.6 is 0 Å². The topological polar surface area (TPSA) is 41.6 Å². The van der Waals surface area contributed by atoms with Gasteiger partial charge in [-0.3, -0.25) is 0 Å². The number of benzene rings is 1. The van der Waals surface area contributed by atoms with Crippen LogP contribution in [0.15, 0.2) is 41.6 Å². The van der Waals surface area contributed by atoms with Crippen molar-refractivity contribution in [2.75, 3.05) is 6.54 Å². The zero-order valence-electron chi connectivity index (χ0n) is 16.7. The Morgan fingerprint density at radius 1 is 1.11 bits per heavy atom. The highest BCUT2D eigenvalue weighted by Gasteiger charge is 2.55. The van der Waals surface area contributed by atoms with Gasteiger partial charge in [-0.2, -0.15) is 5.10 Å². The lowest BCUT2D eigenvalue weighted by molar-refractivity contribution is -0.0182. The summed E-state index contributed by atoms with van der Waals surface area (Å²) in [6, 6.07) is 8.85. The van der Waals surface area contributed by atoms with Gasteiger partial charge in [0, 0.05) is 23.6 Å². The van der Waals surface area contributed by atoms with E-state index in [-0.39, 0.29) is 5.41 Å². The van der Waals surface area contributed by atoms with E-state index >= 15 is 0 Å². The largest absolute Gasteiger partial charge is 0.332 e. The summed E-state index contributed by atoms with van der Waals surface area (Å²) >= 11 is 0. The fraction of sp³-hybridized carbons (Fsp3) is 0.625. The molecule has 3 nitrogen and oxygen atoms in total. The highest BCUT2D eigenvalue weighted by Crippen LogP contribution is 2.61. The lowest BCUT2D eigenvalue weighted by Crippen LogP contribution is -2.55. The molecule has 1 saturated heterocycles. The van der Waals surface area contributed by atoms with Crippen LogP contribution in [-0.4, -0.2) is 17.3 Å². The van der Waals surface area contributed by atoms with Crippen molar-refractivity contribution in [3.63, 3.8) is 0 Å². The molecule has 2 N–H and O–H groups in total. The third-order valence-electron chi connectivity index (χ3n) is 8.08. The lowest BCUT2D eigenvalue weighted by Gasteiger charge is -2.58. The van der Waals surface area contributed by atoms with Crippen LogP contribution in [-0.2, 0) is 0 Å². The van der Waals surface area contributed by atoms with E-state index in [0.29, 0.717) is 5.92 Å². The van der Waals surface area contributed by atoms with E-state index < -0.39 is 0 Å². The summed E-state index contributed by atoms with van der Waals surface area (Å²) in [5, 5.41) is 4.48. The minimum Gasteiger partial charge on any atom is -0.332 e. The van der Waals surface area contributed by atoms with Crippen molar-refractivity contribution in [2.45, 2.75) is 64.2 Å². The van der Waals surface area contributed by atoms with Crippen LogP contribution < -0.4 is 5.84 Å². The van der Waals surface area contributed by atoms with E-state index in [1.807, 2.05) is 0 Å². The van der Waals surface area contributed by atoms with Crippen LogP contribution in [0.5, 0.6) is 0 Å². The van der Waals surface area contributed by atoms with Crippen molar-refractivity contribution in [2.24, 2.45) is 34.1 Å². The molecule has 1 unspecified atom stereocenters. The molecule has 4 saturated carbocycles. The van der Waals surface area contributed by atoms with E-state index in [9.17, 15) is 0 Å². The summed E-state index contributed by atoms with van der Waals surface area (Å²) < 4.78 is 0. The summed E-state index contributed by atoms with van der Waals surface area (Å²) in [4.78, 5) is 2.44. The van der Waals surface area contributed by atoms with E-state index in [1.54, 1.807) is 0 Å². The van der Waals surface area contributed by atoms with Crippen LogP contribution in [0, 0.1) is 30.1 Å². The predicted octanol–water partition coefficient (Wildman–Crippen LogP) is 5.18. The number of likely N-dealkylation sites (tertiary alicyclic amines) is 1. The van der Waals surface area contributed by atoms with Crippen LogP contribution in [0.3, 0.4) is 0 Å². The van der Waals surface area contributed by atoms with Crippen LogP contribution in [0.4, 0.5) is 0 Å². The van der Waals surface area contributed by atoms with Gasteiger partial charge in [-0.25, -0.2) is 0 Å². The van der Waals surface area contributed by atoms with Gasteiger partial charge >= 0.3 is 0 Å². The molecule has 27 heavy (non-hydrogen) atoms. The van der Waals surface area contributed by atoms with Gasteiger partial charge in [0.1, 0.15) is 5.84 Å². The Morgan fingerprint density at radius 2 is 1.74 bits per heavy atom. The summed E-state index contributed by atoms with van der Waals surface area (Å²) in [5.41, 5.74) is 4.33. The van der Waals surface area contributed by atoms with Crippen molar-refractivity contribution in [1.82, 2.24) is 4.90 Å². The first-order valence-corrected chi connectivity index (χ1v) is 10.9. The van der Waals surface area contributed by atoms with E-state index in [1.165, 1.54) is 67.6 Å². The third-order valence-corrected chi connectivity index (χ3v) is 8.08. The minimum atomic E-state index is 0.222. The molecule has 1 aromatic carbocycles. The Hall–Kier alpha value is -1.77. The van der Waals surface area contributed by atoms with E-state index in [2.05, 4.69) is 47.8 Å². The quantitative estimate of drug-likeness (QED) is 0.340. The van der Waals surface area contributed by atoms with Gasteiger partial charge in [0.25, 0.3) is 0 Å². The van der Waals surface area contributed by atoms with Crippen molar-refractivity contribution >= 4 is 5.84 Å². The highest BCUT2D eigenvalue weighted by molar-refractivity contribution is 5.90. The van der Waals surface area contributed by atoms with Gasteiger partial charge in [0.05, 0.1) is 0 Å². The Balaban J connectivity index is 1.45. The first-order valence-electron chi connectivity index (χ1n) is 10.9. The molecule has 0 aromatic heterocycles. The smallest absolute Gasteiger partial charge is 0.134 e. The molecule has 4 bridgehead atoms. The number of hydrogen-bond donors (Lipinski definition) is 1. The zero-order chi connectivity index (χ0) is 18.6. The second-order valence-electron chi connectivity index (χ2n) is 9.92. The van der Waals surface area contributed by atoms with Crippen LogP contribution in [0.1, 0.15) is 68.4 Å². The number of nitrogens with zero attached hydrogens (tertiary/aromatic N) is 2. The van der Waals surface area contributed by atoms with Gasteiger partial charge in [-0.15, -0.1) is 0 Å². The monoisotopic (exact) mass is 363 g/mol. The maximum atomic E-state index is 6.11. The molecular formula is C24H33N3. The standard InChI is InChI=1S/C24H33N3/c1-16-5-3-4-6-22(16)21-8-7-17(2)27(15-21)23(26-25)24-12-18-9-19(13-24)11-20(10-18)14-24/h3-6,18-21H,2,7-15,25H2,1H3/b26-23-. The molecule has 144 valence electrons. The molecule has 0 amide bonds. The number of allylic oxidation sites excluding steroid dienone is 1. The molecule has 1 heterocycles. The van der Waals surface area contributed by atoms with Crippen LogP contribution in [0.25, 0.3) is 0 Å². The average Bonchev–Trinajstić information content (AvgIpc) is 2.63. The summed E-state index contributed by atoms with van der Waals surface area (Å²) in [6.07, 6.45) is 10.5. The number of hydrogen-bond acceptors (Lipinski definition) is 2. The van der Waals surface area contributed by atoms with Gasteiger partial charge < -0.3 is 10.7 Å². The molecule has 1 aromatic rings. The lowest BCUT2D eigenvalue weighted by atomic mass is 9.49. The molecule has 0 spiro atoms. The van der Waals surface area contributed by atoms with Gasteiger partial charge in [0.15, 0.2) is 0 Å². The Kier molecular flexibility index (Phi) is 4.10. The minimum absolute atomic E-state index is 0.222. The summed E-state index contributed by atoms with van der Waals surface area (Å²) in [5.74, 6) is 10.5. The summed E-state index contributed by atoms with van der Waals surface area (Å²) in [6.45, 7) is 7.66. The van der Waals surface area contributed by atoms with E-state index in [0.717, 1.165) is 30.7 Å². The molecule has 5 aliphatic rings. The van der Waals surface area contributed by atoms with Gasteiger partial charge in [-0.05, 0) is 87.2 Å².